The van der Waals surface area contributed by atoms with Gasteiger partial charge >= 0.3 is 0 Å². The van der Waals surface area contributed by atoms with Crippen LogP contribution < -0.4 is 4.90 Å². The molecular weight excluding hydrogens is 453 g/mol. The van der Waals surface area contributed by atoms with Gasteiger partial charge in [0.05, 0.1) is 11.9 Å². The lowest BCUT2D eigenvalue weighted by Crippen LogP contribution is -2.41. The molecule has 5 rings (SSSR count). The first-order valence-electron chi connectivity index (χ1n) is 12.0. The van der Waals surface area contributed by atoms with Crippen LogP contribution in [0.2, 0.25) is 0 Å². The molecule has 2 fully saturated rings. The van der Waals surface area contributed by atoms with E-state index in [0.717, 1.165) is 49.3 Å². The largest absolute Gasteiger partial charge is 0.371 e. The van der Waals surface area contributed by atoms with Gasteiger partial charge in [0.15, 0.2) is 0 Å². The van der Waals surface area contributed by atoms with Gasteiger partial charge in [0.1, 0.15) is 11.1 Å². The number of nitrogens with zero attached hydrogens (tertiary/aromatic N) is 4. The van der Waals surface area contributed by atoms with Crippen LogP contribution in [0.3, 0.4) is 0 Å². The lowest BCUT2D eigenvalue weighted by atomic mass is 9.93. The van der Waals surface area contributed by atoms with Crippen LogP contribution in [0.25, 0.3) is 0 Å². The Morgan fingerprint density at radius 3 is 2.53 bits per heavy atom. The predicted octanol–water partition coefficient (Wildman–Crippen LogP) is 4.04. The van der Waals surface area contributed by atoms with E-state index < -0.39 is 15.3 Å². The molecule has 0 amide bonds. The molecule has 180 valence electrons. The van der Waals surface area contributed by atoms with Crippen LogP contribution in [0.15, 0.2) is 54.7 Å². The van der Waals surface area contributed by atoms with E-state index in [0.29, 0.717) is 37.4 Å². The highest BCUT2D eigenvalue weighted by Crippen LogP contribution is 2.35. The number of sulfonamides is 1. The van der Waals surface area contributed by atoms with Crippen LogP contribution in [0.1, 0.15) is 53.7 Å². The molecule has 0 saturated carbocycles. The zero-order valence-corrected chi connectivity index (χ0v) is 19.9. The van der Waals surface area contributed by atoms with Crippen molar-refractivity contribution >= 4 is 15.7 Å². The Balaban J connectivity index is 1.21. The number of halogens is 1. The molecule has 0 aliphatic carbocycles. The second kappa shape index (κ2) is 9.84. The zero-order chi connectivity index (χ0) is 23.5. The maximum absolute atomic E-state index is 15.0. The van der Waals surface area contributed by atoms with Gasteiger partial charge in [-0.1, -0.05) is 36.4 Å². The minimum Gasteiger partial charge on any atom is -0.371 e. The molecule has 1 unspecified atom stereocenters. The van der Waals surface area contributed by atoms with E-state index in [1.807, 2.05) is 36.4 Å². The lowest BCUT2D eigenvalue weighted by molar-refractivity contribution is 0.365. The zero-order valence-electron chi connectivity index (χ0n) is 19.1. The van der Waals surface area contributed by atoms with E-state index >= 15 is 0 Å². The highest BCUT2D eigenvalue weighted by Gasteiger charge is 2.36. The predicted molar refractivity (Wildman–Crippen MR) is 130 cm³/mol. The fourth-order valence-electron chi connectivity index (χ4n) is 5.18. The SMILES string of the molecule is O=S1(=O)C(c2ccccc2)CCCN1CCc1ccc(N2CCC(c3cn[nH]n3)CC2)cc1F. The minimum atomic E-state index is -3.46. The Kier molecular flexibility index (Phi) is 6.65. The summed E-state index contributed by atoms with van der Waals surface area (Å²) in [6.45, 7) is 2.46. The van der Waals surface area contributed by atoms with Gasteiger partial charge < -0.3 is 4.90 Å². The number of aromatic amines is 1. The number of aromatic nitrogens is 3. The number of nitrogens with one attached hydrogen (secondary N) is 1. The highest BCUT2D eigenvalue weighted by atomic mass is 32.2. The molecular formula is C25H30FN5O2S. The molecule has 34 heavy (non-hydrogen) atoms. The number of H-pyrrole nitrogens is 1. The second-order valence-electron chi connectivity index (χ2n) is 9.17. The minimum absolute atomic E-state index is 0.273. The van der Waals surface area contributed by atoms with Crippen molar-refractivity contribution in [2.75, 3.05) is 31.1 Å². The second-order valence-corrected chi connectivity index (χ2v) is 11.3. The van der Waals surface area contributed by atoms with Crippen LogP contribution in [0.4, 0.5) is 10.1 Å². The van der Waals surface area contributed by atoms with Gasteiger partial charge in [0.2, 0.25) is 10.0 Å². The van der Waals surface area contributed by atoms with E-state index in [9.17, 15) is 12.8 Å². The number of hydrogen-bond donors (Lipinski definition) is 1. The van der Waals surface area contributed by atoms with Gasteiger partial charge in [-0.3, -0.25) is 0 Å². The molecule has 7 nitrogen and oxygen atoms in total. The van der Waals surface area contributed by atoms with E-state index in [4.69, 9.17) is 0 Å². The Bertz CT molecular complexity index is 1200. The van der Waals surface area contributed by atoms with E-state index in [1.54, 1.807) is 18.3 Å². The van der Waals surface area contributed by atoms with Crippen molar-refractivity contribution in [3.05, 3.63) is 77.4 Å². The summed E-state index contributed by atoms with van der Waals surface area (Å²) in [5, 5.41) is 10.2. The van der Waals surface area contributed by atoms with Crippen molar-refractivity contribution in [3.8, 4) is 0 Å². The van der Waals surface area contributed by atoms with Crippen LogP contribution in [-0.4, -0.2) is 54.3 Å². The third kappa shape index (κ3) is 4.72. The quantitative estimate of drug-likeness (QED) is 0.572. The third-order valence-corrected chi connectivity index (χ3v) is 9.46. The van der Waals surface area contributed by atoms with E-state index in [2.05, 4.69) is 20.3 Å². The first kappa shape index (κ1) is 23.0. The molecule has 0 bridgehead atoms. The normalized spacial score (nSPS) is 21.6. The summed E-state index contributed by atoms with van der Waals surface area (Å²) in [4.78, 5) is 2.20. The summed E-state index contributed by atoms with van der Waals surface area (Å²) < 4.78 is 42.9. The van der Waals surface area contributed by atoms with Gasteiger partial charge in [-0.2, -0.15) is 15.4 Å². The molecule has 2 saturated heterocycles. The first-order valence-corrected chi connectivity index (χ1v) is 13.5. The summed E-state index contributed by atoms with van der Waals surface area (Å²) >= 11 is 0. The number of benzene rings is 2. The van der Waals surface area contributed by atoms with Gasteiger partial charge in [0.25, 0.3) is 0 Å². The van der Waals surface area contributed by atoms with Crippen molar-refractivity contribution in [1.29, 1.82) is 0 Å². The molecule has 0 radical (unpaired) electrons. The molecule has 2 aromatic carbocycles. The molecule has 2 aliphatic heterocycles. The van der Waals surface area contributed by atoms with E-state index in [-0.39, 0.29) is 5.82 Å². The van der Waals surface area contributed by atoms with Crippen molar-refractivity contribution in [1.82, 2.24) is 19.7 Å². The van der Waals surface area contributed by atoms with Crippen molar-refractivity contribution in [2.24, 2.45) is 0 Å². The Hall–Kier alpha value is -2.78. The number of piperidine rings is 1. The molecule has 3 heterocycles. The molecule has 2 aliphatic rings. The first-order chi connectivity index (χ1) is 16.5. The molecule has 0 spiro atoms. The Morgan fingerprint density at radius 2 is 1.82 bits per heavy atom. The van der Waals surface area contributed by atoms with Crippen molar-refractivity contribution in [2.45, 2.75) is 43.3 Å². The molecule has 3 aromatic rings. The fraction of sp³-hybridized carbons (Fsp3) is 0.440. The van der Waals surface area contributed by atoms with Crippen LogP contribution in [-0.2, 0) is 16.4 Å². The molecule has 1 N–H and O–H groups in total. The summed E-state index contributed by atoms with van der Waals surface area (Å²) in [5.41, 5.74) is 3.24. The topological polar surface area (TPSA) is 82.2 Å². The van der Waals surface area contributed by atoms with Gasteiger partial charge in [-0.25, -0.2) is 17.1 Å². The lowest BCUT2D eigenvalue weighted by Gasteiger charge is -2.33. The third-order valence-electron chi connectivity index (χ3n) is 7.14. The Labute approximate surface area is 200 Å². The highest BCUT2D eigenvalue weighted by molar-refractivity contribution is 7.89. The maximum Gasteiger partial charge on any atom is 0.221 e. The van der Waals surface area contributed by atoms with Gasteiger partial charge in [0, 0.05) is 37.8 Å². The number of anilines is 1. The standard InChI is InChI=1S/C25H30FN5O2S/c26-23-17-22(30-14-10-20(11-15-30)24-18-27-29-28-24)9-8-19(23)12-16-31-13-4-7-25(34(31,32)33)21-5-2-1-3-6-21/h1-3,5-6,8-9,17-18,20,25H,4,7,10-16H2,(H,27,28,29). The smallest absolute Gasteiger partial charge is 0.221 e. The van der Waals surface area contributed by atoms with Crippen molar-refractivity contribution in [3.63, 3.8) is 0 Å². The number of hydrogen-bond acceptors (Lipinski definition) is 5. The van der Waals surface area contributed by atoms with Crippen molar-refractivity contribution < 1.29 is 12.8 Å². The maximum atomic E-state index is 15.0. The number of rotatable bonds is 6. The summed E-state index contributed by atoms with van der Waals surface area (Å²) in [6.07, 6.45) is 5.47. The summed E-state index contributed by atoms with van der Waals surface area (Å²) in [7, 11) is -3.46. The van der Waals surface area contributed by atoms with Crippen LogP contribution in [0, 0.1) is 5.82 Å². The van der Waals surface area contributed by atoms with Gasteiger partial charge in [-0.05, 0) is 55.4 Å². The molecule has 9 heteroatoms. The fourth-order valence-corrected chi connectivity index (χ4v) is 7.23. The monoisotopic (exact) mass is 483 g/mol. The molecule has 1 atom stereocenters. The average molecular weight is 484 g/mol. The van der Waals surface area contributed by atoms with Crippen LogP contribution in [0.5, 0.6) is 0 Å². The summed E-state index contributed by atoms with van der Waals surface area (Å²) in [6, 6.07) is 14.7. The average Bonchev–Trinajstić information content (AvgIpc) is 3.39. The van der Waals surface area contributed by atoms with Gasteiger partial charge in [-0.15, -0.1) is 0 Å². The van der Waals surface area contributed by atoms with E-state index in [1.165, 1.54) is 4.31 Å². The van der Waals surface area contributed by atoms with Crippen LogP contribution >= 0.6 is 0 Å². The Morgan fingerprint density at radius 1 is 1.03 bits per heavy atom. The summed E-state index contributed by atoms with van der Waals surface area (Å²) in [5.74, 6) is 0.107. The molecule has 1 aromatic heterocycles.